The summed E-state index contributed by atoms with van der Waals surface area (Å²) in [6.07, 6.45) is 1.21. The van der Waals surface area contributed by atoms with Gasteiger partial charge in [0.1, 0.15) is 32.4 Å². The van der Waals surface area contributed by atoms with Gasteiger partial charge in [-0.15, -0.1) is 0 Å². The summed E-state index contributed by atoms with van der Waals surface area (Å²) in [5.41, 5.74) is 0. The largest absolute Gasteiger partial charge is 0.282 e. The van der Waals surface area contributed by atoms with Crippen molar-refractivity contribution < 1.29 is 0 Å². The third-order valence-electron chi connectivity index (χ3n) is 4.23. The molecule has 0 N–H and O–H groups in total. The predicted octanol–water partition coefficient (Wildman–Crippen LogP) is 7.55. The molecule has 0 spiro atoms. The highest BCUT2D eigenvalue weighted by Gasteiger charge is 2.58. The molecule has 132 valence electrons. The molecular formula is C16H41N2P2Si2+. The lowest BCUT2D eigenvalue weighted by atomic mass is 10.2. The maximum Gasteiger partial charge on any atom is 0.149 e. The molecular weight excluding hydrogens is 338 g/mol. The van der Waals surface area contributed by atoms with E-state index in [2.05, 4.69) is 91.7 Å². The molecule has 0 aliphatic rings. The minimum Gasteiger partial charge on any atom is -0.282 e. The smallest absolute Gasteiger partial charge is 0.149 e. The molecule has 0 aromatic heterocycles. The van der Waals surface area contributed by atoms with Crippen LogP contribution in [0.25, 0.3) is 0 Å². The van der Waals surface area contributed by atoms with E-state index in [1.165, 1.54) is 14.7 Å². The van der Waals surface area contributed by atoms with Gasteiger partial charge in [-0.1, -0.05) is 43.8 Å². The van der Waals surface area contributed by atoms with E-state index in [4.69, 9.17) is 4.52 Å². The van der Waals surface area contributed by atoms with Crippen LogP contribution in [0.1, 0.15) is 48.5 Å². The molecule has 0 aromatic carbocycles. The van der Waals surface area contributed by atoms with E-state index in [1.807, 2.05) is 0 Å². The first-order valence-electron chi connectivity index (χ1n) is 8.52. The van der Waals surface area contributed by atoms with Gasteiger partial charge in [-0.25, -0.2) is 0 Å². The Balaban J connectivity index is 6.05. The van der Waals surface area contributed by atoms with Gasteiger partial charge in [-0.3, -0.25) is 4.00 Å². The molecule has 22 heavy (non-hydrogen) atoms. The standard InChI is InChI=1S/C16H41N2P2Si2/c1-14-20(15(2,3)4,16(5,6)7)17-19-18(21(8,9)10)22(11,12)13/h14H2,1-13H3/q+1. The van der Waals surface area contributed by atoms with Crippen molar-refractivity contribution in [1.82, 2.24) is 4.00 Å². The second-order valence-electron chi connectivity index (χ2n) is 10.3. The fraction of sp³-hybridized carbons (Fsp3) is 1.00. The first-order valence-corrected chi connectivity index (χ1v) is 18.1. The first kappa shape index (κ1) is 22.9. The molecule has 0 amide bonds. The van der Waals surface area contributed by atoms with Crippen LogP contribution < -0.4 is 0 Å². The molecule has 0 saturated carbocycles. The summed E-state index contributed by atoms with van der Waals surface area (Å²) in [6, 6.07) is 0. The molecule has 0 unspecified atom stereocenters. The summed E-state index contributed by atoms with van der Waals surface area (Å²) in [5, 5.41) is 0.551. The van der Waals surface area contributed by atoms with E-state index in [9.17, 15) is 0 Å². The van der Waals surface area contributed by atoms with Gasteiger partial charge in [0.2, 0.25) is 0 Å². The summed E-state index contributed by atoms with van der Waals surface area (Å²) in [7, 11) is -2.86. The van der Waals surface area contributed by atoms with E-state index in [0.29, 0.717) is 0 Å². The lowest BCUT2D eigenvalue weighted by Gasteiger charge is -2.43. The number of rotatable bonds is 5. The summed E-state index contributed by atoms with van der Waals surface area (Å²) in [5.74, 6) is 0. The molecule has 0 atom stereocenters. The molecule has 0 aromatic rings. The van der Waals surface area contributed by atoms with E-state index in [1.54, 1.807) is 0 Å². The maximum absolute atomic E-state index is 5.53. The van der Waals surface area contributed by atoms with Crippen molar-refractivity contribution in [3.05, 3.63) is 0 Å². The summed E-state index contributed by atoms with van der Waals surface area (Å²) in [4.78, 5) is 0. The van der Waals surface area contributed by atoms with Crippen molar-refractivity contribution >= 4 is 32.4 Å². The Labute approximate surface area is 145 Å². The van der Waals surface area contributed by atoms with Gasteiger partial charge in [0.05, 0.1) is 16.5 Å². The SMILES string of the molecule is CC[P+](N=PN([Si](C)(C)C)[Si](C)(C)C)(C(C)(C)C)C(C)(C)C. The fourth-order valence-electron chi connectivity index (χ4n) is 3.67. The van der Waals surface area contributed by atoms with Gasteiger partial charge < -0.3 is 0 Å². The normalized spacial score (nSPS) is 15.9. The number of hydrogen-bond acceptors (Lipinski definition) is 1. The average Bonchev–Trinajstić information content (AvgIpc) is 2.16. The molecule has 0 radical (unpaired) electrons. The Bertz CT molecular complexity index is 368. The van der Waals surface area contributed by atoms with Crippen LogP contribution in [0.5, 0.6) is 0 Å². The zero-order valence-electron chi connectivity index (χ0n) is 17.5. The Morgan fingerprint density at radius 2 is 1.14 bits per heavy atom. The van der Waals surface area contributed by atoms with E-state index >= 15 is 0 Å². The zero-order valence-corrected chi connectivity index (χ0v) is 21.3. The number of hydrogen-bond donors (Lipinski definition) is 0. The van der Waals surface area contributed by atoms with Crippen LogP contribution in [-0.4, -0.2) is 36.9 Å². The van der Waals surface area contributed by atoms with Crippen molar-refractivity contribution in [3.8, 4) is 0 Å². The molecule has 6 heteroatoms. The molecule has 0 aliphatic heterocycles. The average molecular weight is 380 g/mol. The maximum atomic E-state index is 5.53. The minimum atomic E-state index is -1.42. The topological polar surface area (TPSA) is 15.6 Å². The van der Waals surface area contributed by atoms with Crippen LogP contribution in [0.3, 0.4) is 0 Å². The van der Waals surface area contributed by atoms with Crippen LogP contribution in [0, 0.1) is 0 Å². The lowest BCUT2D eigenvalue weighted by molar-refractivity contribution is 0.683. The van der Waals surface area contributed by atoms with Crippen molar-refractivity contribution in [2.75, 3.05) is 6.16 Å². The molecule has 0 saturated heterocycles. The molecule has 0 heterocycles. The highest BCUT2D eigenvalue weighted by Crippen LogP contribution is 2.78. The van der Waals surface area contributed by atoms with Crippen LogP contribution in [0.2, 0.25) is 39.3 Å². The van der Waals surface area contributed by atoms with Crippen LogP contribution in [-0.2, 0) is 0 Å². The Kier molecular flexibility index (Phi) is 7.34. The Morgan fingerprint density at radius 1 is 0.818 bits per heavy atom. The highest BCUT2D eigenvalue weighted by atomic mass is 31.2. The van der Waals surface area contributed by atoms with Crippen LogP contribution >= 0.6 is 15.9 Å². The van der Waals surface area contributed by atoms with Crippen molar-refractivity contribution in [2.24, 2.45) is 4.52 Å². The molecule has 0 bridgehead atoms. The summed E-state index contributed by atoms with van der Waals surface area (Å²) in [6.45, 7) is 31.6. The third kappa shape index (κ3) is 5.21. The highest BCUT2D eigenvalue weighted by molar-refractivity contribution is 7.79. The second kappa shape index (κ2) is 7.04. The molecule has 0 rings (SSSR count). The zero-order chi connectivity index (χ0) is 18.2. The predicted molar refractivity (Wildman–Crippen MR) is 115 cm³/mol. The van der Waals surface area contributed by atoms with Crippen LogP contribution in [0.4, 0.5) is 0 Å². The van der Waals surface area contributed by atoms with Gasteiger partial charge in [0.25, 0.3) is 0 Å². The Hall–Kier alpha value is 0.924. The molecule has 2 nitrogen and oxygen atoms in total. The van der Waals surface area contributed by atoms with Gasteiger partial charge in [-0.2, -0.15) is 0 Å². The van der Waals surface area contributed by atoms with E-state index in [-0.39, 0.29) is 10.3 Å². The summed E-state index contributed by atoms with van der Waals surface area (Å²) < 4.78 is 8.32. The minimum absolute atomic E-state index is 0.275. The van der Waals surface area contributed by atoms with Gasteiger partial charge in [0, 0.05) is 0 Å². The lowest BCUT2D eigenvalue weighted by Crippen LogP contribution is -2.53. The van der Waals surface area contributed by atoms with Gasteiger partial charge in [0.15, 0.2) is 0 Å². The quantitative estimate of drug-likeness (QED) is 0.355. The first-order chi connectivity index (χ1) is 9.40. The van der Waals surface area contributed by atoms with Crippen molar-refractivity contribution in [1.29, 1.82) is 0 Å². The Morgan fingerprint density at radius 3 is 1.32 bits per heavy atom. The second-order valence-corrected chi connectivity index (χ2v) is 27.2. The molecule has 0 aliphatic carbocycles. The van der Waals surface area contributed by atoms with E-state index < -0.39 is 23.9 Å². The van der Waals surface area contributed by atoms with Crippen molar-refractivity contribution in [2.45, 2.75) is 98.1 Å². The summed E-state index contributed by atoms with van der Waals surface area (Å²) >= 11 is 0. The van der Waals surface area contributed by atoms with E-state index in [0.717, 1.165) is 0 Å². The van der Waals surface area contributed by atoms with Crippen LogP contribution in [0.15, 0.2) is 4.52 Å². The number of nitrogens with zero attached hydrogens (tertiary/aromatic N) is 2. The third-order valence-corrected chi connectivity index (χ3v) is 22.0. The monoisotopic (exact) mass is 379 g/mol. The molecule has 0 fully saturated rings. The van der Waals surface area contributed by atoms with Crippen molar-refractivity contribution in [3.63, 3.8) is 0 Å². The fourth-order valence-corrected chi connectivity index (χ4v) is 22.0. The van der Waals surface area contributed by atoms with Gasteiger partial charge >= 0.3 is 0 Å². The van der Waals surface area contributed by atoms with Gasteiger partial charge in [-0.05, 0) is 48.5 Å².